The van der Waals surface area contributed by atoms with E-state index in [2.05, 4.69) is 5.32 Å². The molecule has 18 heavy (non-hydrogen) atoms. The average Bonchev–Trinajstić information content (AvgIpc) is 2.72. The van der Waals surface area contributed by atoms with Gasteiger partial charge in [0, 0.05) is 17.7 Å². The smallest absolute Gasteiger partial charge is 0.177 e. The fraction of sp³-hybridized carbons (Fsp3) is 0.167. The van der Waals surface area contributed by atoms with Crippen LogP contribution in [0, 0.1) is 0 Å². The lowest BCUT2D eigenvalue weighted by molar-refractivity contribution is 0.602. The van der Waals surface area contributed by atoms with E-state index in [-0.39, 0.29) is 0 Å². The van der Waals surface area contributed by atoms with Crippen LogP contribution in [-0.2, 0) is 16.4 Å². The van der Waals surface area contributed by atoms with Crippen LogP contribution >= 0.6 is 22.9 Å². The molecule has 96 valence electrons. The first-order valence-corrected chi connectivity index (χ1v) is 8.32. The van der Waals surface area contributed by atoms with Crippen molar-refractivity contribution in [1.82, 2.24) is 0 Å². The van der Waals surface area contributed by atoms with Crippen LogP contribution < -0.4 is 5.32 Å². The fourth-order valence-electron chi connectivity index (χ4n) is 1.57. The van der Waals surface area contributed by atoms with Gasteiger partial charge in [0.15, 0.2) is 9.84 Å². The van der Waals surface area contributed by atoms with Gasteiger partial charge in [-0.1, -0.05) is 23.7 Å². The Balaban J connectivity index is 2.20. The molecule has 0 aliphatic heterocycles. The van der Waals surface area contributed by atoms with E-state index in [0.717, 1.165) is 9.21 Å². The molecular weight excluding hydrogens is 290 g/mol. The summed E-state index contributed by atoms with van der Waals surface area (Å²) in [6, 6.07) is 10.6. The molecule has 0 saturated carbocycles. The zero-order valence-electron chi connectivity index (χ0n) is 9.68. The van der Waals surface area contributed by atoms with Gasteiger partial charge in [-0.15, -0.1) is 11.3 Å². The van der Waals surface area contributed by atoms with Crippen molar-refractivity contribution in [1.29, 1.82) is 0 Å². The number of sulfone groups is 1. The second-order valence-electron chi connectivity index (χ2n) is 3.83. The number of anilines is 1. The molecule has 1 heterocycles. The van der Waals surface area contributed by atoms with E-state index in [9.17, 15) is 8.42 Å². The molecule has 6 heteroatoms. The zero-order valence-corrected chi connectivity index (χ0v) is 12.1. The summed E-state index contributed by atoms with van der Waals surface area (Å²) in [6.45, 7) is 0.559. The van der Waals surface area contributed by atoms with E-state index < -0.39 is 9.84 Å². The third kappa shape index (κ3) is 3.25. The Morgan fingerprint density at radius 3 is 2.56 bits per heavy atom. The minimum atomic E-state index is -3.22. The number of rotatable bonds is 4. The number of halogens is 1. The van der Waals surface area contributed by atoms with Crippen LogP contribution in [0.5, 0.6) is 0 Å². The fourth-order valence-corrected chi connectivity index (χ4v) is 3.46. The summed E-state index contributed by atoms with van der Waals surface area (Å²) in [6.07, 6.45) is 1.20. The number of thiophene rings is 1. The van der Waals surface area contributed by atoms with Crippen molar-refractivity contribution in [3.05, 3.63) is 45.6 Å². The lowest BCUT2D eigenvalue weighted by Crippen LogP contribution is -2.05. The number of para-hydroxylation sites is 1. The van der Waals surface area contributed by atoms with Gasteiger partial charge in [-0.05, 0) is 24.3 Å². The molecule has 0 unspecified atom stereocenters. The minimum absolute atomic E-state index is 0.313. The highest BCUT2D eigenvalue weighted by Gasteiger charge is 2.12. The van der Waals surface area contributed by atoms with Gasteiger partial charge < -0.3 is 5.32 Å². The predicted octanol–water partition coefficient (Wildman–Crippen LogP) is 3.42. The van der Waals surface area contributed by atoms with Crippen molar-refractivity contribution in [2.45, 2.75) is 11.4 Å². The second kappa shape index (κ2) is 5.30. The lowest BCUT2D eigenvalue weighted by atomic mass is 10.3. The summed E-state index contributed by atoms with van der Waals surface area (Å²) in [5.41, 5.74) is 0.615. The molecule has 0 aliphatic rings. The lowest BCUT2D eigenvalue weighted by Gasteiger charge is -2.09. The van der Waals surface area contributed by atoms with E-state index in [0.29, 0.717) is 17.1 Å². The molecule has 0 fully saturated rings. The highest BCUT2D eigenvalue weighted by molar-refractivity contribution is 7.90. The minimum Gasteiger partial charge on any atom is -0.379 e. The Labute approximate surface area is 115 Å². The largest absolute Gasteiger partial charge is 0.379 e. The monoisotopic (exact) mass is 301 g/mol. The van der Waals surface area contributed by atoms with Gasteiger partial charge >= 0.3 is 0 Å². The van der Waals surface area contributed by atoms with Gasteiger partial charge in [-0.25, -0.2) is 8.42 Å². The number of nitrogens with one attached hydrogen (secondary N) is 1. The molecule has 1 aromatic heterocycles. The van der Waals surface area contributed by atoms with Crippen molar-refractivity contribution in [3.8, 4) is 0 Å². The summed E-state index contributed by atoms with van der Waals surface area (Å²) < 4.78 is 23.9. The SMILES string of the molecule is CS(=O)(=O)c1ccccc1NCc1ccc(Cl)s1. The van der Waals surface area contributed by atoms with Crippen LogP contribution in [-0.4, -0.2) is 14.7 Å². The maximum Gasteiger partial charge on any atom is 0.177 e. The normalized spacial score (nSPS) is 11.4. The van der Waals surface area contributed by atoms with Crippen LogP contribution in [0.4, 0.5) is 5.69 Å². The van der Waals surface area contributed by atoms with E-state index >= 15 is 0 Å². The third-order valence-corrected chi connectivity index (χ3v) is 4.75. The summed E-state index contributed by atoms with van der Waals surface area (Å²) in [5.74, 6) is 0. The molecule has 1 aromatic carbocycles. The molecule has 3 nitrogen and oxygen atoms in total. The van der Waals surface area contributed by atoms with Gasteiger partial charge in [0.05, 0.1) is 14.9 Å². The first-order chi connectivity index (χ1) is 8.47. The quantitative estimate of drug-likeness (QED) is 0.941. The highest BCUT2D eigenvalue weighted by Crippen LogP contribution is 2.24. The van der Waals surface area contributed by atoms with Crippen molar-refractivity contribution in [3.63, 3.8) is 0 Å². The van der Waals surface area contributed by atoms with Crippen LogP contribution in [0.1, 0.15) is 4.88 Å². The predicted molar refractivity (Wildman–Crippen MR) is 76.2 cm³/mol. The molecule has 0 atom stereocenters. The van der Waals surface area contributed by atoms with Crippen LogP contribution in [0.25, 0.3) is 0 Å². The summed E-state index contributed by atoms with van der Waals surface area (Å²) in [5, 5.41) is 3.12. The molecule has 0 radical (unpaired) electrons. The Kier molecular flexibility index (Phi) is 3.94. The molecular formula is C12H12ClNO2S2. The van der Waals surface area contributed by atoms with Crippen molar-refractivity contribution < 1.29 is 8.42 Å². The first-order valence-electron chi connectivity index (χ1n) is 5.24. The number of benzene rings is 1. The second-order valence-corrected chi connectivity index (χ2v) is 7.61. The highest BCUT2D eigenvalue weighted by atomic mass is 35.5. The Morgan fingerprint density at radius 2 is 1.94 bits per heavy atom. The first kappa shape index (κ1) is 13.4. The van der Waals surface area contributed by atoms with E-state index in [1.165, 1.54) is 17.6 Å². The van der Waals surface area contributed by atoms with Crippen molar-refractivity contribution in [2.24, 2.45) is 0 Å². The van der Waals surface area contributed by atoms with Crippen LogP contribution in [0.15, 0.2) is 41.3 Å². The maximum atomic E-state index is 11.6. The van der Waals surface area contributed by atoms with Gasteiger partial charge in [-0.3, -0.25) is 0 Å². The Hall–Kier alpha value is -1.04. The van der Waals surface area contributed by atoms with Crippen molar-refractivity contribution in [2.75, 3.05) is 11.6 Å². The maximum absolute atomic E-state index is 11.6. The Morgan fingerprint density at radius 1 is 1.22 bits per heavy atom. The molecule has 2 aromatic rings. The van der Waals surface area contributed by atoms with Crippen LogP contribution in [0.3, 0.4) is 0 Å². The molecule has 0 aliphatic carbocycles. The summed E-state index contributed by atoms with van der Waals surface area (Å²) >= 11 is 7.31. The molecule has 2 rings (SSSR count). The van der Waals surface area contributed by atoms with Gasteiger partial charge in [0.1, 0.15) is 0 Å². The standard InChI is InChI=1S/C12H12ClNO2S2/c1-18(15,16)11-5-3-2-4-10(11)14-8-9-6-7-12(13)17-9/h2-7,14H,8H2,1H3. The van der Waals surface area contributed by atoms with E-state index in [1.54, 1.807) is 24.3 Å². The number of hydrogen-bond donors (Lipinski definition) is 1. The molecule has 0 saturated heterocycles. The van der Waals surface area contributed by atoms with Crippen molar-refractivity contribution >= 4 is 38.5 Å². The molecule has 1 N–H and O–H groups in total. The molecule has 0 bridgehead atoms. The summed E-state index contributed by atoms with van der Waals surface area (Å²) in [4.78, 5) is 1.37. The average molecular weight is 302 g/mol. The third-order valence-electron chi connectivity index (χ3n) is 2.37. The van der Waals surface area contributed by atoms with E-state index in [1.807, 2.05) is 12.1 Å². The van der Waals surface area contributed by atoms with Gasteiger partial charge in [0.25, 0.3) is 0 Å². The molecule has 0 amide bonds. The molecule has 0 spiro atoms. The number of hydrogen-bond acceptors (Lipinski definition) is 4. The van der Waals surface area contributed by atoms with Gasteiger partial charge in [0.2, 0.25) is 0 Å². The topological polar surface area (TPSA) is 46.2 Å². The Bertz CT molecular complexity index is 650. The zero-order chi connectivity index (χ0) is 13.2. The van der Waals surface area contributed by atoms with Gasteiger partial charge in [-0.2, -0.15) is 0 Å². The van der Waals surface area contributed by atoms with Crippen LogP contribution in [0.2, 0.25) is 4.34 Å². The summed E-state index contributed by atoms with van der Waals surface area (Å²) in [7, 11) is -3.22. The van der Waals surface area contributed by atoms with E-state index in [4.69, 9.17) is 11.6 Å².